The Kier molecular flexibility index (Phi) is 5.59. The summed E-state index contributed by atoms with van der Waals surface area (Å²) in [6, 6.07) is 12.2. The van der Waals surface area contributed by atoms with Crippen LogP contribution in [-0.2, 0) is 10.0 Å². The third kappa shape index (κ3) is 4.52. The predicted octanol–water partition coefficient (Wildman–Crippen LogP) is 5.06. The van der Waals surface area contributed by atoms with E-state index in [1.807, 2.05) is 0 Å². The Balaban J connectivity index is 1.92. The SMILES string of the molecule is Cc1cc(S(=O)(=O)Nc2ccc(Cl)cc2NC(=O)c2ccco2)ccc1Br. The van der Waals surface area contributed by atoms with E-state index in [9.17, 15) is 13.2 Å². The van der Waals surface area contributed by atoms with E-state index in [0.717, 1.165) is 10.0 Å². The van der Waals surface area contributed by atoms with Crippen molar-refractivity contribution in [1.82, 2.24) is 0 Å². The van der Waals surface area contributed by atoms with Gasteiger partial charge < -0.3 is 9.73 Å². The first kappa shape index (κ1) is 19.5. The molecule has 0 radical (unpaired) electrons. The molecule has 0 saturated heterocycles. The summed E-state index contributed by atoms with van der Waals surface area (Å²) in [6.07, 6.45) is 1.37. The predicted molar refractivity (Wildman–Crippen MR) is 108 cm³/mol. The average molecular weight is 470 g/mol. The fourth-order valence-corrected chi connectivity index (χ4v) is 3.87. The number of furan rings is 1. The van der Waals surface area contributed by atoms with Gasteiger partial charge in [-0.2, -0.15) is 0 Å². The van der Waals surface area contributed by atoms with Crippen molar-refractivity contribution in [1.29, 1.82) is 0 Å². The maximum absolute atomic E-state index is 12.7. The van der Waals surface area contributed by atoms with Crippen LogP contribution in [0.25, 0.3) is 0 Å². The van der Waals surface area contributed by atoms with Gasteiger partial charge in [0.15, 0.2) is 5.76 Å². The summed E-state index contributed by atoms with van der Waals surface area (Å²) in [5, 5.41) is 2.94. The summed E-state index contributed by atoms with van der Waals surface area (Å²) >= 11 is 9.34. The Morgan fingerprint density at radius 3 is 2.56 bits per heavy atom. The number of rotatable bonds is 5. The van der Waals surface area contributed by atoms with Crippen LogP contribution in [0, 0.1) is 6.92 Å². The lowest BCUT2D eigenvalue weighted by atomic mass is 10.2. The third-order valence-electron chi connectivity index (χ3n) is 3.66. The first-order valence-corrected chi connectivity index (χ1v) is 10.3. The van der Waals surface area contributed by atoms with Gasteiger partial charge in [0, 0.05) is 9.50 Å². The van der Waals surface area contributed by atoms with Crippen LogP contribution in [-0.4, -0.2) is 14.3 Å². The number of benzene rings is 2. The minimum absolute atomic E-state index is 0.0901. The molecule has 0 spiro atoms. The number of carbonyl (C=O) groups is 1. The van der Waals surface area contributed by atoms with Gasteiger partial charge in [-0.1, -0.05) is 27.5 Å². The Labute approximate surface area is 169 Å². The molecule has 140 valence electrons. The Bertz CT molecular complexity index is 1100. The topological polar surface area (TPSA) is 88.4 Å². The lowest BCUT2D eigenvalue weighted by Gasteiger charge is -2.14. The second-order valence-electron chi connectivity index (χ2n) is 5.64. The van der Waals surface area contributed by atoms with E-state index in [1.54, 1.807) is 25.1 Å². The van der Waals surface area contributed by atoms with Crippen molar-refractivity contribution >= 4 is 54.8 Å². The normalized spacial score (nSPS) is 11.2. The summed E-state index contributed by atoms with van der Waals surface area (Å²) < 4.78 is 33.8. The number of anilines is 2. The summed E-state index contributed by atoms with van der Waals surface area (Å²) in [6.45, 7) is 1.79. The minimum atomic E-state index is -3.87. The molecule has 3 aromatic rings. The molecule has 0 unspecified atom stereocenters. The molecule has 2 N–H and O–H groups in total. The molecule has 6 nitrogen and oxygen atoms in total. The standard InChI is InChI=1S/C18H14BrClN2O4S/c1-11-9-13(5-6-14(11)19)27(24,25)22-15-7-4-12(20)10-16(15)21-18(23)17-3-2-8-26-17/h2-10,22H,1H3,(H,21,23). The fraction of sp³-hybridized carbons (Fsp3) is 0.0556. The lowest BCUT2D eigenvalue weighted by Crippen LogP contribution is -2.17. The molecule has 0 aliphatic rings. The van der Waals surface area contributed by atoms with Gasteiger partial charge in [-0.05, 0) is 61.0 Å². The quantitative estimate of drug-likeness (QED) is 0.547. The van der Waals surface area contributed by atoms with E-state index in [2.05, 4.69) is 26.0 Å². The summed E-state index contributed by atoms with van der Waals surface area (Å²) in [4.78, 5) is 12.3. The van der Waals surface area contributed by atoms with Crippen molar-refractivity contribution in [3.05, 3.63) is 75.6 Å². The van der Waals surface area contributed by atoms with Crippen LogP contribution in [0.1, 0.15) is 16.1 Å². The van der Waals surface area contributed by atoms with Crippen LogP contribution in [0.2, 0.25) is 5.02 Å². The third-order valence-corrected chi connectivity index (χ3v) is 6.15. The molecule has 0 aliphatic heterocycles. The average Bonchev–Trinajstić information content (AvgIpc) is 3.14. The highest BCUT2D eigenvalue weighted by atomic mass is 79.9. The van der Waals surface area contributed by atoms with E-state index in [1.165, 1.54) is 36.6 Å². The maximum atomic E-state index is 12.7. The summed E-state index contributed by atoms with van der Waals surface area (Å²) in [5.74, 6) is -0.436. The Morgan fingerprint density at radius 1 is 1.11 bits per heavy atom. The molecule has 27 heavy (non-hydrogen) atoms. The fourth-order valence-electron chi connectivity index (χ4n) is 2.29. The molecule has 1 heterocycles. The molecule has 0 bridgehead atoms. The van der Waals surface area contributed by atoms with Crippen molar-refractivity contribution in [3.8, 4) is 0 Å². The maximum Gasteiger partial charge on any atom is 0.291 e. The molecule has 0 atom stereocenters. The van der Waals surface area contributed by atoms with E-state index < -0.39 is 15.9 Å². The van der Waals surface area contributed by atoms with Crippen LogP contribution in [0.4, 0.5) is 11.4 Å². The molecule has 0 saturated carbocycles. The summed E-state index contributed by atoms with van der Waals surface area (Å²) in [5.41, 5.74) is 1.17. The number of carbonyl (C=O) groups excluding carboxylic acids is 1. The first-order valence-electron chi connectivity index (χ1n) is 7.69. The molecule has 2 aromatic carbocycles. The highest BCUT2D eigenvalue weighted by Crippen LogP contribution is 2.29. The molecule has 0 fully saturated rings. The van der Waals surface area contributed by atoms with Crippen LogP contribution in [0.15, 0.2) is 68.6 Å². The van der Waals surface area contributed by atoms with Gasteiger partial charge in [0.1, 0.15) is 0 Å². The zero-order valence-corrected chi connectivity index (χ0v) is 17.2. The van der Waals surface area contributed by atoms with Gasteiger partial charge in [-0.3, -0.25) is 9.52 Å². The number of hydrogen-bond acceptors (Lipinski definition) is 4. The van der Waals surface area contributed by atoms with Gasteiger partial charge in [-0.25, -0.2) is 8.42 Å². The van der Waals surface area contributed by atoms with E-state index in [-0.39, 0.29) is 22.0 Å². The van der Waals surface area contributed by atoms with Gasteiger partial charge in [-0.15, -0.1) is 0 Å². The smallest absolute Gasteiger partial charge is 0.291 e. The Hall–Kier alpha value is -2.29. The summed E-state index contributed by atoms with van der Waals surface area (Å²) in [7, 11) is -3.87. The number of aryl methyl sites for hydroxylation is 1. The largest absolute Gasteiger partial charge is 0.459 e. The second kappa shape index (κ2) is 7.75. The zero-order valence-electron chi connectivity index (χ0n) is 14.0. The van der Waals surface area contributed by atoms with Gasteiger partial charge in [0.2, 0.25) is 0 Å². The molecular weight excluding hydrogens is 456 g/mol. The van der Waals surface area contributed by atoms with E-state index in [0.29, 0.717) is 5.02 Å². The van der Waals surface area contributed by atoms with Crippen LogP contribution in [0.3, 0.4) is 0 Å². The molecular formula is C18H14BrClN2O4S. The van der Waals surface area contributed by atoms with Crippen LogP contribution in [0.5, 0.6) is 0 Å². The second-order valence-corrected chi connectivity index (χ2v) is 8.61. The van der Waals surface area contributed by atoms with Crippen LogP contribution < -0.4 is 10.0 Å². The number of amides is 1. The highest BCUT2D eigenvalue weighted by Gasteiger charge is 2.19. The zero-order chi connectivity index (χ0) is 19.6. The number of hydrogen-bond donors (Lipinski definition) is 2. The minimum Gasteiger partial charge on any atom is -0.459 e. The van der Waals surface area contributed by atoms with E-state index in [4.69, 9.17) is 16.0 Å². The van der Waals surface area contributed by atoms with Crippen molar-refractivity contribution in [2.24, 2.45) is 0 Å². The number of halogens is 2. The first-order chi connectivity index (χ1) is 12.8. The van der Waals surface area contributed by atoms with Gasteiger partial charge >= 0.3 is 0 Å². The molecule has 9 heteroatoms. The van der Waals surface area contributed by atoms with Crippen molar-refractivity contribution in [2.75, 3.05) is 10.0 Å². The molecule has 1 aromatic heterocycles. The Morgan fingerprint density at radius 2 is 1.89 bits per heavy atom. The molecule has 0 aliphatic carbocycles. The van der Waals surface area contributed by atoms with Crippen LogP contribution >= 0.6 is 27.5 Å². The van der Waals surface area contributed by atoms with Crippen molar-refractivity contribution in [3.63, 3.8) is 0 Å². The monoisotopic (exact) mass is 468 g/mol. The number of sulfonamides is 1. The number of nitrogens with one attached hydrogen (secondary N) is 2. The highest BCUT2D eigenvalue weighted by molar-refractivity contribution is 9.10. The van der Waals surface area contributed by atoms with Crippen molar-refractivity contribution < 1.29 is 17.6 Å². The molecule has 3 rings (SSSR count). The van der Waals surface area contributed by atoms with Gasteiger partial charge in [0.05, 0.1) is 22.5 Å². The van der Waals surface area contributed by atoms with Gasteiger partial charge in [0.25, 0.3) is 15.9 Å². The molecule has 1 amide bonds. The lowest BCUT2D eigenvalue weighted by molar-refractivity contribution is 0.0996. The van der Waals surface area contributed by atoms with Crippen molar-refractivity contribution in [2.45, 2.75) is 11.8 Å². The van der Waals surface area contributed by atoms with E-state index >= 15 is 0 Å².